The number of aryl methyl sites for hydroxylation is 1. The molecule has 0 saturated heterocycles. The van der Waals surface area contributed by atoms with Crippen molar-refractivity contribution in [2.75, 3.05) is 7.11 Å². The van der Waals surface area contributed by atoms with E-state index in [-0.39, 0.29) is 12.3 Å². The van der Waals surface area contributed by atoms with E-state index in [0.29, 0.717) is 16.1 Å². The normalized spacial score (nSPS) is 11.6. The van der Waals surface area contributed by atoms with Crippen molar-refractivity contribution in [2.45, 2.75) is 25.8 Å². The number of hydrogen-bond acceptors (Lipinski definition) is 3. The average molecular weight is 346 g/mol. The number of methoxy groups -OCH3 is 1. The zero-order chi connectivity index (χ0) is 17.5. The second-order valence-corrected chi connectivity index (χ2v) is 5.79. The van der Waals surface area contributed by atoms with Gasteiger partial charge in [0.1, 0.15) is 0 Å². The molecular weight excluding hydrogens is 326 g/mol. The third-order valence-electron chi connectivity index (χ3n) is 3.81. The molecule has 0 aromatic heterocycles. The highest BCUT2D eigenvalue weighted by molar-refractivity contribution is 6.31. The summed E-state index contributed by atoms with van der Waals surface area (Å²) in [4.78, 5) is 24.2. The topological polar surface area (TPSA) is 55.4 Å². The molecule has 0 aliphatic heterocycles. The third-order valence-corrected chi connectivity index (χ3v) is 4.15. The predicted octanol–water partition coefficient (Wildman–Crippen LogP) is 3.94. The van der Waals surface area contributed by atoms with Crippen molar-refractivity contribution in [3.05, 3.63) is 70.2 Å². The quantitative estimate of drug-likeness (QED) is 0.807. The van der Waals surface area contributed by atoms with E-state index in [0.717, 1.165) is 12.0 Å². The number of hydrogen-bond donors (Lipinski definition) is 1. The Kier molecular flexibility index (Phi) is 6.38. The number of carbonyl (C=O) groups is 2. The van der Waals surface area contributed by atoms with Gasteiger partial charge in [-0.15, -0.1) is 0 Å². The molecule has 0 spiro atoms. The minimum Gasteiger partial charge on any atom is -0.469 e. The molecule has 1 unspecified atom stereocenters. The van der Waals surface area contributed by atoms with E-state index in [1.807, 2.05) is 18.2 Å². The smallest absolute Gasteiger partial charge is 0.307 e. The molecule has 2 rings (SSSR count). The van der Waals surface area contributed by atoms with Gasteiger partial charge < -0.3 is 10.1 Å². The maximum atomic E-state index is 12.5. The summed E-state index contributed by atoms with van der Waals surface area (Å²) in [6, 6.07) is 14.0. The second-order valence-electron chi connectivity index (χ2n) is 5.38. The highest BCUT2D eigenvalue weighted by Gasteiger charge is 2.21. The van der Waals surface area contributed by atoms with Crippen LogP contribution in [0.4, 0.5) is 0 Å². The van der Waals surface area contributed by atoms with Crippen LogP contribution in [0.1, 0.15) is 40.9 Å². The number of esters is 1. The van der Waals surface area contributed by atoms with Gasteiger partial charge in [0, 0.05) is 10.6 Å². The first kappa shape index (κ1) is 18.0. The lowest BCUT2D eigenvalue weighted by Crippen LogP contribution is -2.30. The van der Waals surface area contributed by atoms with Crippen molar-refractivity contribution in [1.82, 2.24) is 5.32 Å². The molecular formula is C19H20ClNO3. The first-order chi connectivity index (χ1) is 11.5. The zero-order valence-electron chi connectivity index (χ0n) is 13.7. The van der Waals surface area contributed by atoms with E-state index >= 15 is 0 Å². The fourth-order valence-corrected chi connectivity index (χ4v) is 2.65. The highest BCUT2D eigenvalue weighted by Crippen LogP contribution is 2.25. The Labute approximate surface area is 146 Å². The number of nitrogens with one attached hydrogen (secondary N) is 1. The molecule has 0 heterocycles. The van der Waals surface area contributed by atoms with Crippen molar-refractivity contribution in [1.29, 1.82) is 0 Å². The number of carbonyl (C=O) groups excluding carboxylic acids is 2. The fourth-order valence-electron chi connectivity index (χ4n) is 2.38. The SMILES string of the molecule is CCc1ccc(C(=O)NC(CC(=O)OC)c2ccccc2Cl)cc1. The monoisotopic (exact) mass is 345 g/mol. The van der Waals surface area contributed by atoms with E-state index in [1.54, 1.807) is 30.3 Å². The van der Waals surface area contributed by atoms with Crippen LogP contribution in [-0.2, 0) is 16.0 Å². The van der Waals surface area contributed by atoms with Crippen LogP contribution in [0.5, 0.6) is 0 Å². The van der Waals surface area contributed by atoms with E-state index in [4.69, 9.17) is 16.3 Å². The summed E-state index contributed by atoms with van der Waals surface area (Å²) in [5.41, 5.74) is 2.38. The van der Waals surface area contributed by atoms with Crippen LogP contribution in [-0.4, -0.2) is 19.0 Å². The van der Waals surface area contributed by atoms with E-state index in [9.17, 15) is 9.59 Å². The largest absolute Gasteiger partial charge is 0.469 e. The lowest BCUT2D eigenvalue weighted by molar-refractivity contribution is -0.141. The molecule has 0 aliphatic rings. The molecule has 0 saturated carbocycles. The Balaban J connectivity index is 2.22. The summed E-state index contributed by atoms with van der Waals surface area (Å²) >= 11 is 6.21. The van der Waals surface area contributed by atoms with E-state index < -0.39 is 12.0 Å². The van der Waals surface area contributed by atoms with Gasteiger partial charge >= 0.3 is 5.97 Å². The first-order valence-corrected chi connectivity index (χ1v) is 8.14. The average Bonchev–Trinajstić information content (AvgIpc) is 2.61. The van der Waals surface area contributed by atoms with Crippen LogP contribution < -0.4 is 5.32 Å². The number of halogens is 1. The molecule has 24 heavy (non-hydrogen) atoms. The molecule has 1 atom stereocenters. The minimum absolute atomic E-state index is 0.0129. The van der Waals surface area contributed by atoms with Crippen LogP contribution >= 0.6 is 11.6 Å². The summed E-state index contributed by atoms with van der Waals surface area (Å²) in [6.45, 7) is 2.05. The molecule has 2 aromatic rings. The fraction of sp³-hybridized carbons (Fsp3) is 0.263. The Bertz CT molecular complexity index is 713. The maximum Gasteiger partial charge on any atom is 0.307 e. The lowest BCUT2D eigenvalue weighted by atomic mass is 10.0. The van der Waals surface area contributed by atoms with Gasteiger partial charge in [0.05, 0.1) is 19.6 Å². The van der Waals surface area contributed by atoms with Crippen LogP contribution in [0.15, 0.2) is 48.5 Å². The van der Waals surface area contributed by atoms with Crippen molar-refractivity contribution < 1.29 is 14.3 Å². The molecule has 0 bridgehead atoms. The number of amides is 1. The van der Waals surface area contributed by atoms with Gasteiger partial charge in [-0.2, -0.15) is 0 Å². The molecule has 0 fully saturated rings. The summed E-state index contributed by atoms with van der Waals surface area (Å²) in [7, 11) is 1.32. The summed E-state index contributed by atoms with van der Waals surface area (Å²) in [5, 5.41) is 3.36. The molecule has 2 aromatic carbocycles. The maximum absolute atomic E-state index is 12.5. The zero-order valence-corrected chi connectivity index (χ0v) is 14.5. The Hall–Kier alpha value is -2.33. The predicted molar refractivity (Wildman–Crippen MR) is 94.1 cm³/mol. The van der Waals surface area contributed by atoms with Crippen LogP contribution in [0.2, 0.25) is 5.02 Å². The van der Waals surface area contributed by atoms with Crippen molar-refractivity contribution in [3.8, 4) is 0 Å². The molecule has 1 amide bonds. The third kappa shape index (κ3) is 4.59. The van der Waals surface area contributed by atoms with Gasteiger partial charge in [0.2, 0.25) is 0 Å². The van der Waals surface area contributed by atoms with Crippen molar-refractivity contribution in [3.63, 3.8) is 0 Å². The lowest BCUT2D eigenvalue weighted by Gasteiger charge is -2.19. The first-order valence-electron chi connectivity index (χ1n) is 7.76. The Morgan fingerprint density at radius 2 is 1.79 bits per heavy atom. The van der Waals surface area contributed by atoms with Crippen LogP contribution in [0.25, 0.3) is 0 Å². The van der Waals surface area contributed by atoms with Gasteiger partial charge in [-0.1, -0.05) is 48.9 Å². The van der Waals surface area contributed by atoms with Crippen LogP contribution in [0.3, 0.4) is 0 Å². The number of ether oxygens (including phenoxy) is 1. The Morgan fingerprint density at radius 3 is 2.38 bits per heavy atom. The van der Waals surface area contributed by atoms with E-state index in [2.05, 4.69) is 12.2 Å². The Morgan fingerprint density at radius 1 is 1.12 bits per heavy atom. The molecule has 5 heteroatoms. The molecule has 0 radical (unpaired) electrons. The highest BCUT2D eigenvalue weighted by atomic mass is 35.5. The van der Waals surface area contributed by atoms with Crippen molar-refractivity contribution >= 4 is 23.5 Å². The van der Waals surface area contributed by atoms with Gasteiger partial charge in [-0.05, 0) is 35.7 Å². The van der Waals surface area contributed by atoms with Gasteiger partial charge in [-0.25, -0.2) is 0 Å². The molecule has 4 nitrogen and oxygen atoms in total. The van der Waals surface area contributed by atoms with Crippen molar-refractivity contribution in [2.24, 2.45) is 0 Å². The minimum atomic E-state index is -0.551. The standard InChI is InChI=1S/C19H20ClNO3/c1-3-13-8-10-14(11-9-13)19(23)21-17(12-18(22)24-2)15-6-4-5-7-16(15)20/h4-11,17H,3,12H2,1-2H3,(H,21,23). The molecule has 126 valence electrons. The second kappa shape index (κ2) is 8.50. The van der Waals surface area contributed by atoms with Gasteiger partial charge in [-0.3, -0.25) is 9.59 Å². The van der Waals surface area contributed by atoms with Gasteiger partial charge in [0.25, 0.3) is 5.91 Å². The van der Waals surface area contributed by atoms with Crippen LogP contribution in [0, 0.1) is 0 Å². The van der Waals surface area contributed by atoms with E-state index in [1.165, 1.54) is 7.11 Å². The number of benzene rings is 2. The van der Waals surface area contributed by atoms with Gasteiger partial charge in [0.15, 0.2) is 0 Å². The number of rotatable bonds is 6. The summed E-state index contributed by atoms with van der Waals surface area (Å²) < 4.78 is 4.73. The molecule has 0 aliphatic carbocycles. The molecule has 1 N–H and O–H groups in total. The summed E-state index contributed by atoms with van der Waals surface area (Å²) in [5.74, 6) is -0.673. The summed E-state index contributed by atoms with van der Waals surface area (Å²) in [6.07, 6.45) is 0.922.